The summed E-state index contributed by atoms with van der Waals surface area (Å²) in [6.07, 6.45) is 6.24. The minimum absolute atomic E-state index is 0.0775. The zero-order valence-corrected chi connectivity index (χ0v) is 15.5. The summed E-state index contributed by atoms with van der Waals surface area (Å²) < 4.78 is 13.6. The zero-order valence-electron chi connectivity index (χ0n) is 13.8. The van der Waals surface area contributed by atoms with Gasteiger partial charge in [-0.3, -0.25) is 4.79 Å². The Morgan fingerprint density at radius 3 is 2.72 bits per heavy atom. The third-order valence-electron chi connectivity index (χ3n) is 4.07. The molecule has 1 aliphatic rings. The number of carbonyl (C=O) groups excluding carboxylic acids is 1. The van der Waals surface area contributed by atoms with Crippen LogP contribution in [0, 0.1) is 5.82 Å². The lowest BCUT2D eigenvalue weighted by atomic mass is 9.96. The molecule has 0 aliphatic heterocycles. The maximum Gasteiger partial charge on any atom is 0.230 e. The summed E-state index contributed by atoms with van der Waals surface area (Å²) in [6.45, 7) is 0.393. The molecule has 0 bridgehead atoms. The fourth-order valence-corrected chi connectivity index (χ4v) is 4.39. The van der Waals surface area contributed by atoms with Gasteiger partial charge in [-0.05, 0) is 30.5 Å². The van der Waals surface area contributed by atoms with Gasteiger partial charge in [-0.1, -0.05) is 54.5 Å². The third-order valence-corrected chi connectivity index (χ3v) is 6.06. The van der Waals surface area contributed by atoms with Crippen molar-refractivity contribution in [2.75, 3.05) is 11.1 Å². The van der Waals surface area contributed by atoms with E-state index in [0.717, 1.165) is 15.0 Å². The van der Waals surface area contributed by atoms with Crippen LogP contribution < -0.4 is 10.6 Å². The van der Waals surface area contributed by atoms with Crippen molar-refractivity contribution < 1.29 is 9.18 Å². The van der Waals surface area contributed by atoms with Crippen LogP contribution in [0.5, 0.6) is 0 Å². The highest BCUT2D eigenvalue weighted by Crippen LogP contribution is 2.28. The van der Waals surface area contributed by atoms with Crippen molar-refractivity contribution in [3.05, 3.63) is 35.6 Å². The summed E-state index contributed by atoms with van der Waals surface area (Å²) in [5.74, 6) is -0.0648. The number of carbonyl (C=O) groups is 1. The lowest BCUT2D eigenvalue weighted by molar-refractivity contribution is -0.118. The Hall–Kier alpha value is -1.67. The Morgan fingerprint density at radius 1 is 1.20 bits per heavy atom. The Balaban J connectivity index is 1.39. The first kappa shape index (κ1) is 18.1. The predicted octanol–water partition coefficient (Wildman–Crippen LogP) is 3.83. The minimum atomic E-state index is -0.278. The molecule has 2 aromatic rings. The molecule has 25 heavy (non-hydrogen) atoms. The monoisotopic (exact) mass is 380 g/mol. The molecule has 1 saturated carbocycles. The lowest BCUT2D eigenvalue weighted by Crippen LogP contribution is -2.24. The van der Waals surface area contributed by atoms with Crippen LogP contribution in [0.1, 0.15) is 37.7 Å². The first-order valence-corrected chi connectivity index (χ1v) is 10.2. The van der Waals surface area contributed by atoms with Gasteiger partial charge in [0.2, 0.25) is 11.0 Å². The molecule has 0 atom stereocenters. The number of rotatable bonds is 7. The fourth-order valence-electron chi connectivity index (χ4n) is 2.73. The molecule has 1 aromatic carbocycles. The molecule has 2 N–H and O–H groups in total. The molecule has 0 unspecified atom stereocenters. The van der Waals surface area contributed by atoms with E-state index in [9.17, 15) is 9.18 Å². The van der Waals surface area contributed by atoms with Gasteiger partial charge in [-0.15, -0.1) is 10.2 Å². The first-order chi connectivity index (χ1) is 12.2. The van der Waals surface area contributed by atoms with E-state index in [2.05, 4.69) is 20.8 Å². The SMILES string of the molecule is O=C(CSc1nnc(NC2CCCCC2)s1)NCc1ccc(F)cc1. The molecule has 5 nitrogen and oxygen atoms in total. The van der Waals surface area contributed by atoms with Crippen molar-refractivity contribution >= 4 is 34.1 Å². The number of halogens is 1. The summed E-state index contributed by atoms with van der Waals surface area (Å²) in [7, 11) is 0. The van der Waals surface area contributed by atoms with E-state index in [1.54, 1.807) is 12.1 Å². The summed E-state index contributed by atoms with van der Waals surface area (Å²) in [5, 5.41) is 15.4. The summed E-state index contributed by atoms with van der Waals surface area (Å²) in [4.78, 5) is 11.9. The van der Waals surface area contributed by atoms with Gasteiger partial charge in [0.15, 0.2) is 4.34 Å². The number of amides is 1. The van der Waals surface area contributed by atoms with Gasteiger partial charge in [0.1, 0.15) is 5.82 Å². The molecular weight excluding hydrogens is 359 g/mol. The van der Waals surface area contributed by atoms with Crippen LogP contribution >= 0.6 is 23.1 Å². The van der Waals surface area contributed by atoms with Crippen LogP contribution in [0.2, 0.25) is 0 Å². The summed E-state index contributed by atoms with van der Waals surface area (Å²) in [6, 6.07) is 6.60. The largest absolute Gasteiger partial charge is 0.357 e. The van der Waals surface area contributed by atoms with E-state index in [4.69, 9.17) is 0 Å². The van der Waals surface area contributed by atoms with E-state index in [-0.39, 0.29) is 11.7 Å². The molecule has 0 saturated heterocycles. The lowest BCUT2D eigenvalue weighted by Gasteiger charge is -2.21. The average molecular weight is 381 g/mol. The third kappa shape index (κ3) is 5.97. The molecule has 0 spiro atoms. The number of hydrogen-bond donors (Lipinski definition) is 2. The Bertz CT molecular complexity index is 686. The molecule has 1 aliphatic carbocycles. The van der Waals surface area contributed by atoms with E-state index < -0.39 is 0 Å². The molecule has 1 heterocycles. The molecule has 1 aromatic heterocycles. The van der Waals surface area contributed by atoms with Gasteiger partial charge in [0.05, 0.1) is 5.75 Å². The quantitative estimate of drug-likeness (QED) is 0.715. The fraction of sp³-hybridized carbons (Fsp3) is 0.471. The highest BCUT2D eigenvalue weighted by atomic mass is 32.2. The van der Waals surface area contributed by atoms with Gasteiger partial charge < -0.3 is 10.6 Å². The van der Waals surface area contributed by atoms with Crippen molar-refractivity contribution in [3.8, 4) is 0 Å². The number of thioether (sulfide) groups is 1. The van der Waals surface area contributed by atoms with E-state index >= 15 is 0 Å². The van der Waals surface area contributed by atoms with Crippen molar-refractivity contribution in [2.24, 2.45) is 0 Å². The maximum atomic E-state index is 12.8. The van der Waals surface area contributed by atoms with E-state index in [1.165, 1.54) is 67.3 Å². The molecule has 8 heteroatoms. The Kier molecular flexibility index (Phi) is 6.63. The minimum Gasteiger partial charge on any atom is -0.357 e. The van der Waals surface area contributed by atoms with Crippen LogP contribution in [0.3, 0.4) is 0 Å². The Labute approximate surface area is 154 Å². The number of hydrogen-bond acceptors (Lipinski definition) is 6. The highest BCUT2D eigenvalue weighted by Gasteiger charge is 2.15. The first-order valence-electron chi connectivity index (χ1n) is 8.43. The van der Waals surface area contributed by atoms with Gasteiger partial charge >= 0.3 is 0 Å². The van der Waals surface area contributed by atoms with Crippen LogP contribution in [0.25, 0.3) is 0 Å². The standard InChI is InChI=1S/C17H21FN4OS2/c18-13-8-6-12(7-9-13)10-19-15(23)11-24-17-22-21-16(25-17)20-14-4-2-1-3-5-14/h6-9,14H,1-5,10-11H2,(H,19,23)(H,20,21). The van der Waals surface area contributed by atoms with E-state index in [1.807, 2.05) is 0 Å². The van der Waals surface area contributed by atoms with Gasteiger partial charge in [0, 0.05) is 12.6 Å². The van der Waals surface area contributed by atoms with E-state index in [0.29, 0.717) is 18.3 Å². The number of nitrogens with one attached hydrogen (secondary N) is 2. The second kappa shape index (κ2) is 9.15. The topological polar surface area (TPSA) is 66.9 Å². The van der Waals surface area contributed by atoms with Gasteiger partial charge in [0.25, 0.3) is 0 Å². The van der Waals surface area contributed by atoms with Crippen LogP contribution in [0.15, 0.2) is 28.6 Å². The van der Waals surface area contributed by atoms with Crippen molar-refractivity contribution in [3.63, 3.8) is 0 Å². The zero-order chi connectivity index (χ0) is 17.5. The summed E-state index contributed by atoms with van der Waals surface area (Å²) in [5.41, 5.74) is 0.870. The molecule has 3 rings (SSSR count). The molecule has 0 radical (unpaired) electrons. The second-order valence-corrected chi connectivity index (χ2v) is 8.24. The van der Waals surface area contributed by atoms with Crippen LogP contribution in [-0.4, -0.2) is 27.9 Å². The predicted molar refractivity (Wildman–Crippen MR) is 99.4 cm³/mol. The van der Waals surface area contributed by atoms with Crippen molar-refractivity contribution in [2.45, 2.75) is 49.0 Å². The van der Waals surface area contributed by atoms with Gasteiger partial charge in [-0.25, -0.2) is 4.39 Å². The van der Waals surface area contributed by atoms with Gasteiger partial charge in [-0.2, -0.15) is 0 Å². The normalized spacial score (nSPS) is 15.1. The van der Waals surface area contributed by atoms with Crippen LogP contribution in [0.4, 0.5) is 9.52 Å². The van der Waals surface area contributed by atoms with Crippen molar-refractivity contribution in [1.29, 1.82) is 0 Å². The highest BCUT2D eigenvalue weighted by molar-refractivity contribution is 8.01. The number of nitrogens with zero attached hydrogens (tertiary/aromatic N) is 2. The van der Waals surface area contributed by atoms with Crippen LogP contribution in [-0.2, 0) is 11.3 Å². The molecule has 134 valence electrons. The molecule has 1 fully saturated rings. The second-order valence-electron chi connectivity index (χ2n) is 6.04. The summed E-state index contributed by atoms with van der Waals surface area (Å²) >= 11 is 2.87. The van der Waals surface area contributed by atoms with Crippen molar-refractivity contribution in [1.82, 2.24) is 15.5 Å². The Morgan fingerprint density at radius 2 is 1.96 bits per heavy atom. The molecule has 1 amide bonds. The number of benzene rings is 1. The smallest absolute Gasteiger partial charge is 0.230 e. The number of aromatic nitrogens is 2. The maximum absolute atomic E-state index is 12.8. The average Bonchev–Trinajstić information content (AvgIpc) is 3.08. The number of anilines is 1. The molecular formula is C17H21FN4OS2.